The number of thioether (sulfide) groups is 1. The van der Waals surface area contributed by atoms with E-state index < -0.39 is 11.9 Å². The van der Waals surface area contributed by atoms with Gasteiger partial charge in [-0.1, -0.05) is 0 Å². The summed E-state index contributed by atoms with van der Waals surface area (Å²) in [4.78, 5) is 26.2. The molecule has 0 bridgehead atoms. The van der Waals surface area contributed by atoms with Crippen LogP contribution in [0.4, 0.5) is 0 Å². The molecule has 0 heterocycles. The average Bonchev–Trinajstić information content (AvgIpc) is 2.38. The molecule has 0 aliphatic rings. The highest BCUT2D eigenvalue weighted by Gasteiger charge is 2.12. The van der Waals surface area contributed by atoms with E-state index in [0.717, 1.165) is 11.4 Å². The highest BCUT2D eigenvalue weighted by Crippen LogP contribution is 2.15. The van der Waals surface area contributed by atoms with Crippen molar-refractivity contribution in [3.8, 4) is 0 Å². The van der Waals surface area contributed by atoms with Gasteiger partial charge in [0, 0.05) is 11.3 Å². The largest absolute Gasteiger partial charge is 0.389 e. The van der Waals surface area contributed by atoms with Crippen molar-refractivity contribution in [2.75, 3.05) is 26.9 Å². The lowest BCUT2D eigenvalue weighted by atomic mass is 10.2. The number of carbonyl (C=O) groups is 2. The van der Waals surface area contributed by atoms with Gasteiger partial charge in [-0.25, -0.2) is 4.79 Å². The fourth-order valence-electron chi connectivity index (χ4n) is 1.48. The summed E-state index contributed by atoms with van der Waals surface area (Å²) in [7, 11) is 3.87. The van der Waals surface area contributed by atoms with E-state index in [2.05, 4.69) is 0 Å². The molecule has 0 aromatic heterocycles. The number of hydrogen-bond acceptors (Lipinski definition) is 5. The molecule has 1 aromatic carbocycles. The lowest BCUT2D eigenvalue weighted by Crippen LogP contribution is -2.17. The second kappa shape index (κ2) is 7.96. The van der Waals surface area contributed by atoms with E-state index in [9.17, 15) is 9.59 Å². The van der Waals surface area contributed by atoms with E-state index in [-0.39, 0.29) is 6.42 Å². The van der Waals surface area contributed by atoms with Gasteiger partial charge in [0.1, 0.15) is 0 Å². The van der Waals surface area contributed by atoms with Gasteiger partial charge in [0.05, 0.1) is 5.56 Å². The van der Waals surface area contributed by atoms with E-state index in [1.54, 1.807) is 23.9 Å². The zero-order valence-corrected chi connectivity index (χ0v) is 12.3. The molecule has 0 spiro atoms. The molecule has 0 N–H and O–H groups in total. The molecule has 104 valence electrons. The van der Waals surface area contributed by atoms with Crippen LogP contribution in [0, 0.1) is 0 Å². The normalized spacial score (nSPS) is 10.5. The molecular weight excluding hydrogens is 262 g/mol. The maximum absolute atomic E-state index is 11.7. The van der Waals surface area contributed by atoms with Gasteiger partial charge in [-0.3, -0.25) is 4.79 Å². The van der Waals surface area contributed by atoms with Gasteiger partial charge in [0.15, 0.2) is 0 Å². The first-order chi connectivity index (χ1) is 9.02. The Balaban J connectivity index is 2.42. The van der Waals surface area contributed by atoms with Gasteiger partial charge in [-0.2, -0.15) is 0 Å². The minimum atomic E-state index is -0.581. The third kappa shape index (κ3) is 5.89. The van der Waals surface area contributed by atoms with E-state index in [1.165, 1.54) is 0 Å². The van der Waals surface area contributed by atoms with Crippen molar-refractivity contribution >= 4 is 23.7 Å². The number of esters is 2. The fourth-order valence-corrected chi connectivity index (χ4v) is 1.89. The molecular formula is C14H19NO3S. The standard InChI is InChI=1S/C14H19NO3S/c1-15(2)10-4-5-13(16)18-14(17)11-6-8-12(19-3)9-7-11/h6-9H,4-5,10H2,1-3H3. The molecule has 0 amide bonds. The first kappa shape index (κ1) is 15.7. The molecule has 1 aromatic rings. The quantitative estimate of drug-likeness (QED) is 0.455. The third-order valence-electron chi connectivity index (χ3n) is 2.52. The number of benzene rings is 1. The molecule has 0 aliphatic carbocycles. The maximum Gasteiger partial charge on any atom is 0.345 e. The van der Waals surface area contributed by atoms with Gasteiger partial charge in [-0.05, 0) is 57.6 Å². The topological polar surface area (TPSA) is 46.6 Å². The van der Waals surface area contributed by atoms with Crippen molar-refractivity contribution in [1.82, 2.24) is 4.90 Å². The van der Waals surface area contributed by atoms with Crippen LogP contribution in [0.15, 0.2) is 29.2 Å². The molecule has 1 rings (SSSR count). The van der Waals surface area contributed by atoms with E-state index in [0.29, 0.717) is 12.0 Å². The van der Waals surface area contributed by atoms with Crippen LogP contribution in [-0.4, -0.2) is 43.7 Å². The molecule has 0 radical (unpaired) electrons. The van der Waals surface area contributed by atoms with Crippen molar-refractivity contribution in [2.24, 2.45) is 0 Å². The predicted octanol–water partition coefficient (Wildman–Crippen LogP) is 2.43. The molecule has 19 heavy (non-hydrogen) atoms. The highest BCUT2D eigenvalue weighted by atomic mass is 32.2. The predicted molar refractivity (Wildman–Crippen MR) is 76.4 cm³/mol. The Labute approximate surface area is 118 Å². The number of carbonyl (C=O) groups excluding carboxylic acids is 2. The lowest BCUT2D eigenvalue weighted by Gasteiger charge is -2.08. The second-order valence-corrected chi connectivity index (χ2v) is 5.28. The Bertz CT molecular complexity index is 429. The molecule has 0 fully saturated rings. The molecule has 4 nitrogen and oxygen atoms in total. The van der Waals surface area contributed by atoms with Crippen molar-refractivity contribution in [3.63, 3.8) is 0 Å². The first-order valence-corrected chi connectivity index (χ1v) is 7.29. The third-order valence-corrected chi connectivity index (χ3v) is 3.26. The Morgan fingerprint density at radius 3 is 2.37 bits per heavy atom. The number of nitrogens with zero attached hydrogens (tertiary/aromatic N) is 1. The van der Waals surface area contributed by atoms with Gasteiger partial charge in [-0.15, -0.1) is 11.8 Å². The molecule has 0 saturated heterocycles. The minimum Gasteiger partial charge on any atom is -0.389 e. The lowest BCUT2D eigenvalue weighted by molar-refractivity contribution is -0.138. The van der Waals surface area contributed by atoms with Crippen LogP contribution in [0.1, 0.15) is 23.2 Å². The van der Waals surface area contributed by atoms with E-state index in [1.807, 2.05) is 37.4 Å². The number of hydrogen-bond donors (Lipinski definition) is 0. The van der Waals surface area contributed by atoms with Crippen LogP contribution >= 0.6 is 11.8 Å². The Morgan fingerprint density at radius 1 is 1.21 bits per heavy atom. The minimum absolute atomic E-state index is 0.257. The molecule has 0 atom stereocenters. The Kier molecular flexibility index (Phi) is 6.59. The summed E-state index contributed by atoms with van der Waals surface area (Å²) >= 11 is 1.59. The van der Waals surface area contributed by atoms with Crippen LogP contribution in [-0.2, 0) is 9.53 Å². The Hall–Kier alpha value is -1.33. The highest BCUT2D eigenvalue weighted by molar-refractivity contribution is 7.98. The molecule has 0 aliphatic heterocycles. The zero-order chi connectivity index (χ0) is 14.3. The fraction of sp³-hybridized carbons (Fsp3) is 0.429. The summed E-state index contributed by atoms with van der Waals surface area (Å²) in [6.07, 6.45) is 2.90. The van der Waals surface area contributed by atoms with Gasteiger partial charge >= 0.3 is 11.9 Å². The molecule has 5 heteroatoms. The van der Waals surface area contributed by atoms with Crippen LogP contribution in [0.3, 0.4) is 0 Å². The second-order valence-electron chi connectivity index (χ2n) is 4.40. The summed E-state index contributed by atoms with van der Waals surface area (Å²) in [6.45, 7) is 0.797. The summed E-state index contributed by atoms with van der Waals surface area (Å²) in [5.74, 6) is -1.05. The first-order valence-electron chi connectivity index (χ1n) is 6.06. The van der Waals surface area contributed by atoms with Crippen LogP contribution in [0.2, 0.25) is 0 Å². The number of rotatable bonds is 6. The van der Waals surface area contributed by atoms with Gasteiger partial charge < -0.3 is 9.64 Å². The van der Waals surface area contributed by atoms with E-state index in [4.69, 9.17) is 4.74 Å². The Morgan fingerprint density at radius 2 is 1.84 bits per heavy atom. The van der Waals surface area contributed by atoms with Crippen LogP contribution < -0.4 is 0 Å². The summed E-state index contributed by atoms with van der Waals surface area (Å²) < 4.78 is 4.79. The van der Waals surface area contributed by atoms with Crippen molar-refractivity contribution in [2.45, 2.75) is 17.7 Å². The molecule has 0 unspecified atom stereocenters. The van der Waals surface area contributed by atoms with Crippen molar-refractivity contribution < 1.29 is 14.3 Å². The maximum atomic E-state index is 11.7. The van der Waals surface area contributed by atoms with Crippen LogP contribution in [0.25, 0.3) is 0 Å². The monoisotopic (exact) mass is 281 g/mol. The zero-order valence-electron chi connectivity index (χ0n) is 11.5. The smallest absolute Gasteiger partial charge is 0.345 e. The SMILES string of the molecule is CSc1ccc(C(=O)OC(=O)CCCN(C)C)cc1. The average molecular weight is 281 g/mol. The van der Waals surface area contributed by atoms with Crippen molar-refractivity contribution in [3.05, 3.63) is 29.8 Å². The summed E-state index contributed by atoms with van der Waals surface area (Å²) in [5.41, 5.74) is 0.402. The van der Waals surface area contributed by atoms with Crippen LogP contribution in [0.5, 0.6) is 0 Å². The summed E-state index contributed by atoms with van der Waals surface area (Å²) in [5, 5.41) is 0. The number of ether oxygens (including phenoxy) is 1. The van der Waals surface area contributed by atoms with Gasteiger partial charge in [0.25, 0.3) is 0 Å². The van der Waals surface area contributed by atoms with Crippen molar-refractivity contribution in [1.29, 1.82) is 0 Å². The summed E-state index contributed by atoms with van der Waals surface area (Å²) in [6, 6.07) is 7.00. The van der Waals surface area contributed by atoms with Gasteiger partial charge in [0.2, 0.25) is 0 Å². The van der Waals surface area contributed by atoms with E-state index >= 15 is 0 Å². The molecule has 0 saturated carbocycles.